The number of rotatable bonds is 2. The van der Waals surface area contributed by atoms with Gasteiger partial charge in [0.25, 0.3) is 0 Å². The molecule has 0 bridgehead atoms. The zero-order valence-corrected chi connectivity index (χ0v) is 20.0. The van der Waals surface area contributed by atoms with Crippen LogP contribution in [0.5, 0.6) is 0 Å². The van der Waals surface area contributed by atoms with Gasteiger partial charge in [0.1, 0.15) is 0 Å². The Balaban J connectivity index is 1.31. The fourth-order valence-corrected chi connectivity index (χ4v) is 8.06. The molecule has 5 nitrogen and oxygen atoms in total. The Morgan fingerprint density at radius 3 is 2.72 bits per heavy atom. The minimum absolute atomic E-state index is 0.0579. The number of anilines is 1. The van der Waals surface area contributed by atoms with Crippen LogP contribution < -0.4 is 10.6 Å². The van der Waals surface area contributed by atoms with E-state index in [0.717, 1.165) is 25.7 Å². The maximum atomic E-state index is 12.8. The summed E-state index contributed by atoms with van der Waals surface area (Å²) in [6.07, 6.45) is 10.7. The molecule has 32 heavy (non-hydrogen) atoms. The molecule has 1 aromatic carbocycles. The number of hydrogen-bond acceptors (Lipinski definition) is 2. The number of likely N-dealkylation sites (N-methyl/N-ethyl adjacent to an activating group) is 1. The van der Waals surface area contributed by atoms with E-state index in [1.165, 1.54) is 12.8 Å². The first-order chi connectivity index (χ1) is 15.2. The van der Waals surface area contributed by atoms with Crippen LogP contribution in [0.2, 0.25) is 5.02 Å². The second-order valence-electron chi connectivity index (χ2n) is 10.9. The van der Waals surface area contributed by atoms with E-state index in [0.29, 0.717) is 34.5 Å². The fourth-order valence-electron chi connectivity index (χ4n) is 7.87. The van der Waals surface area contributed by atoms with Crippen LogP contribution in [-0.2, 0) is 4.79 Å². The maximum Gasteiger partial charge on any atom is 0.319 e. The van der Waals surface area contributed by atoms with Crippen LogP contribution in [0.1, 0.15) is 52.4 Å². The number of amides is 3. The number of benzene rings is 1. The molecule has 3 fully saturated rings. The molecule has 1 aliphatic heterocycles. The molecule has 1 heterocycles. The number of nitrogens with zero attached hydrogens (tertiary/aromatic N) is 1. The lowest BCUT2D eigenvalue weighted by molar-refractivity contribution is -0.138. The highest BCUT2D eigenvalue weighted by Gasteiger charge is 2.60. The highest BCUT2D eigenvalue weighted by atomic mass is 35.5. The van der Waals surface area contributed by atoms with E-state index in [2.05, 4.69) is 30.6 Å². The van der Waals surface area contributed by atoms with Crippen molar-refractivity contribution < 1.29 is 9.59 Å². The summed E-state index contributed by atoms with van der Waals surface area (Å²) >= 11 is 6.06. The molecule has 4 aliphatic rings. The summed E-state index contributed by atoms with van der Waals surface area (Å²) in [5.74, 6) is 2.02. The number of fused-ring (bicyclic) bond motifs is 5. The Morgan fingerprint density at radius 2 is 1.94 bits per heavy atom. The van der Waals surface area contributed by atoms with E-state index in [4.69, 9.17) is 11.6 Å². The monoisotopic (exact) mass is 455 g/mol. The normalized spacial score (nSPS) is 40.3. The second-order valence-corrected chi connectivity index (χ2v) is 11.3. The van der Waals surface area contributed by atoms with Crippen molar-refractivity contribution in [3.63, 3.8) is 0 Å². The van der Waals surface area contributed by atoms with Gasteiger partial charge in [0.2, 0.25) is 5.91 Å². The summed E-state index contributed by atoms with van der Waals surface area (Å²) in [7, 11) is 1.97. The van der Waals surface area contributed by atoms with Gasteiger partial charge in [-0.25, -0.2) is 4.79 Å². The molecule has 0 spiro atoms. The third-order valence-electron chi connectivity index (χ3n) is 9.52. The van der Waals surface area contributed by atoms with Crippen molar-refractivity contribution >= 4 is 29.2 Å². The van der Waals surface area contributed by atoms with Crippen molar-refractivity contribution in [1.29, 1.82) is 0 Å². The predicted octanol–water partition coefficient (Wildman–Crippen LogP) is 5.47. The van der Waals surface area contributed by atoms with E-state index in [9.17, 15) is 9.59 Å². The summed E-state index contributed by atoms with van der Waals surface area (Å²) in [5.41, 5.74) is 0.894. The Kier molecular flexibility index (Phi) is 5.31. The Bertz CT molecular complexity index is 964. The summed E-state index contributed by atoms with van der Waals surface area (Å²) in [5, 5.41) is 6.86. The highest BCUT2D eigenvalue weighted by molar-refractivity contribution is 6.30. The Hall–Kier alpha value is -2.01. The topological polar surface area (TPSA) is 61.4 Å². The van der Waals surface area contributed by atoms with Gasteiger partial charge >= 0.3 is 6.03 Å². The molecule has 6 heteroatoms. The molecule has 2 N–H and O–H groups in total. The predicted molar refractivity (Wildman–Crippen MR) is 127 cm³/mol. The van der Waals surface area contributed by atoms with E-state index < -0.39 is 0 Å². The summed E-state index contributed by atoms with van der Waals surface area (Å²) < 4.78 is 0. The molecule has 3 aliphatic carbocycles. The van der Waals surface area contributed by atoms with Crippen molar-refractivity contribution in [2.24, 2.45) is 28.6 Å². The fraction of sp³-hybridized carbons (Fsp3) is 0.615. The molecule has 5 rings (SSSR count). The van der Waals surface area contributed by atoms with Crippen molar-refractivity contribution in [1.82, 2.24) is 10.2 Å². The number of nitrogens with one attached hydrogen (secondary N) is 2. The van der Waals surface area contributed by atoms with Gasteiger partial charge in [-0.2, -0.15) is 0 Å². The number of urea groups is 1. The average Bonchev–Trinajstić information content (AvgIpc) is 3.07. The zero-order chi connectivity index (χ0) is 22.7. The van der Waals surface area contributed by atoms with Gasteiger partial charge in [-0.05, 0) is 86.0 Å². The molecule has 0 aromatic heterocycles. The van der Waals surface area contributed by atoms with E-state index >= 15 is 0 Å². The molecule has 0 radical (unpaired) electrons. The minimum atomic E-state index is -0.146. The van der Waals surface area contributed by atoms with Gasteiger partial charge < -0.3 is 15.5 Å². The quantitative estimate of drug-likeness (QED) is 0.621. The van der Waals surface area contributed by atoms with Crippen molar-refractivity contribution in [2.75, 3.05) is 12.4 Å². The standard InChI is InChI=1S/C26H34ClN3O2/c1-25-13-11-20-18(7-10-22-26(20,2)14-12-23(31)30(22)3)19(25)8-9-21(25)29-24(32)28-17-6-4-5-16(27)15-17/h4-6,12,14-15,18-22H,7-11,13H2,1-3H3,(H2,28,29,32)/t18?,19?,20?,21-,22+,25-,26+/m0/s1. The van der Waals surface area contributed by atoms with Crippen molar-refractivity contribution in [3.05, 3.63) is 41.4 Å². The van der Waals surface area contributed by atoms with Gasteiger partial charge in [-0.15, -0.1) is 0 Å². The Morgan fingerprint density at radius 1 is 1.12 bits per heavy atom. The Labute approximate surface area is 196 Å². The molecule has 3 amide bonds. The van der Waals surface area contributed by atoms with Crippen molar-refractivity contribution in [3.8, 4) is 0 Å². The van der Waals surface area contributed by atoms with E-state index in [1.807, 2.05) is 24.1 Å². The van der Waals surface area contributed by atoms with Gasteiger partial charge in [0.15, 0.2) is 0 Å². The molecule has 7 atom stereocenters. The molecule has 1 aromatic rings. The van der Waals surface area contributed by atoms with Crippen LogP contribution in [0.3, 0.4) is 0 Å². The van der Waals surface area contributed by atoms with Crippen molar-refractivity contribution in [2.45, 2.75) is 64.5 Å². The molecular weight excluding hydrogens is 422 g/mol. The first kappa shape index (κ1) is 21.8. The van der Waals surface area contributed by atoms with E-state index in [1.54, 1.807) is 18.2 Å². The molecular formula is C26H34ClN3O2. The van der Waals surface area contributed by atoms with Crippen LogP contribution in [0.4, 0.5) is 10.5 Å². The smallest absolute Gasteiger partial charge is 0.319 e. The molecule has 0 saturated heterocycles. The highest BCUT2D eigenvalue weighted by Crippen LogP contribution is 2.63. The van der Waals surface area contributed by atoms with E-state index in [-0.39, 0.29) is 28.8 Å². The number of hydrogen-bond donors (Lipinski definition) is 2. The van der Waals surface area contributed by atoms with Crippen LogP contribution in [0, 0.1) is 28.6 Å². The van der Waals surface area contributed by atoms with Gasteiger partial charge in [-0.1, -0.05) is 37.6 Å². The first-order valence-corrected chi connectivity index (χ1v) is 12.4. The third-order valence-corrected chi connectivity index (χ3v) is 9.75. The van der Waals surface area contributed by atoms with Gasteiger partial charge in [-0.3, -0.25) is 4.79 Å². The van der Waals surface area contributed by atoms with Crippen LogP contribution in [-0.4, -0.2) is 36.0 Å². The van der Waals surface area contributed by atoms with Crippen LogP contribution in [0.15, 0.2) is 36.4 Å². The minimum Gasteiger partial charge on any atom is -0.338 e. The zero-order valence-electron chi connectivity index (χ0n) is 19.2. The second kappa shape index (κ2) is 7.79. The van der Waals surface area contributed by atoms with Gasteiger partial charge in [0.05, 0.1) is 0 Å². The lowest BCUT2D eigenvalue weighted by atomic mass is 9.48. The lowest BCUT2D eigenvalue weighted by Crippen LogP contribution is -2.60. The largest absolute Gasteiger partial charge is 0.338 e. The number of carbonyl (C=O) groups excluding carboxylic acids is 2. The summed E-state index contributed by atoms with van der Waals surface area (Å²) in [6, 6.07) is 7.61. The molecule has 3 unspecified atom stereocenters. The SMILES string of the molecule is CN1C(=O)C=C[C@]2(C)C3CC[C@@]4(C)C(CC[C@@H]4NC(=O)Nc4cccc(Cl)c4)C3CC[C@@H]12. The van der Waals surface area contributed by atoms with Gasteiger partial charge in [0, 0.05) is 35.3 Å². The lowest BCUT2D eigenvalue weighted by Gasteiger charge is -2.60. The third kappa shape index (κ3) is 3.35. The number of halogens is 1. The number of carbonyl (C=O) groups is 2. The molecule has 3 saturated carbocycles. The average molecular weight is 456 g/mol. The van der Waals surface area contributed by atoms with Crippen LogP contribution in [0.25, 0.3) is 0 Å². The molecule has 172 valence electrons. The maximum absolute atomic E-state index is 12.8. The van der Waals surface area contributed by atoms with Crippen LogP contribution >= 0.6 is 11.6 Å². The first-order valence-electron chi connectivity index (χ1n) is 12.0. The summed E-state index contributed by atoms with van der Waals surface area (Å²) in [4.78, 5) is 27.0. The summed E-state index contributed by atoms with van der Waals surface area (Å²) in [6.45, 7) is 4.77.